The van der Waals surface area contributed by atoms with Crippen LogP contribution in [0.5, 0.6) is 5.75 Å². The summed E-state index contributed by atoms with van der Waals surface area (Å²) in [6.07, 6.45) is 1.37. The lowest BCUT2D eigenvalue weighted by atomic mass is 10.1. The Morgan fingerprint density at radius 3 is 2.63 bits per heavy atom. The van der Waals surface area contributed by atoms with Crippen LogP contribution >= 0.6 is 0 Å². The average Bonchev–Trinajstić information content (AvgIpc) is 3.55. The van der Waals surface area contributed by atoms with Crippen molar-refractivity contribution < 1.29 is 19.1 Å². The van der Waals surface area contributed by atoms with E-state index in [1.165, 1.54) is 12.0 Å². The molecule has 0 spiro atoms. The molecule has 27 heavy (non-hydrogen) atoms. The van der Waals surface area contributed by atoms with Gasteiger partial charge >= 0.3 is 0 Å². The number of nitrogens with zero attached hydrogens (tertiary/aromatic N) is 2. The van der Waals surface area contributed by atoms with E-state index in [2.05, 4.69) is 5.32 Å². The zero-order valence-corrected chi connectivity index (χ0v) is 15.5. The lowest BCUT2D eigenvalue weighted by Crippen LogP contribution is -2.64. The van der Waals surface area contributed by atoms with Crippen molar-refractivity contribution >= 4 is 17.7 Å². The summed E-state index contributed by atoms with van der Waals surface area (Å²) in [5, 5.41) is 2.73. The maximum absolute atomic E-state index is 13.1. The van der Waals surface area contributed by atoms with Crippen molar-refractivity contribution in [3.63, 3.8) is 0 Å². The number of methoxy groups -OCH3 is 1. The van der Waals surface area contributed by atoms with Gasteiger partial charge in [0.25, 0.3) is 11.8 Å². The molecule has 1 aliphatic heterocycles. The second kappa shape index (κ2) is 8.39. The highest BCUT2D eigenvalue weighted by atomic mass is 16.5. The zero-order valence-electron chi connectivity index (χ0n) is 15.5. The lowest BCUT2D eigenvalue weighted by Gasteiger charge is -2.43. The van der Waals surface area contributed by atoms with Crippen molar-refractivity contribution in [1.29, 1.82) is 0 Å². The van der Waals surface area contributed by atoms with Crippen LogP contribution in [0.1, 0.15) is 29.6 Å². The number of carbonyl (C=O) groups excluding carboxylic acids is 3. The Bertz CT molecular complexity index is 719. The summed E-state index contributed by atoms with van der Waals surface area (Å²) in [7, 11) is 1.53. The molecule has 8 nitrogen and oxygen atoms in total. The molecule has 8 heteroatoms. The fraction of sp³-hybridized carbons (Fsp3) is 0.526. The summed E-state index contributed by atoms with van der Waals surface area (Å²) in [5.41, 5.74) is 5.91. The highest BCUT2D eigenvalue weighted by Crippen LogP contribution is 2.33. The Morgan fingerprint density at radius 1 is 1.22 bits per heavy atom. The van der Waals surface area contributed by atoms with Gasteiger partial charge in [0.2, 0.25) is 5.91 Å². The average molecular weight is 374 g/mol. The summed E-state index contributed by atoms with van der Waals surface area (Å²) in [4.78, 5) is 41.7. The second-order valence-corrected chi connectivity index (χ2v) is 6.84. The van der Waals surface area contributed by atoms with E-state index in [-0.39, 0.29) is 23.6 Å². The van der Waals surface area contributed by atoms with Crippen molar-refractivity contribution in [1.82, 2.24) is 15.1 Å². The highest BCUT2D eigenvalue weighted by molar-refractivity contribution is 5.99. The standard InChI is InChI=1S/C19H26N4O4/c1-27-15-5-2-4-14(12-15)19(26)23-11-3-10-22(18(25)13-6-7-13)17(23)16(24)21-9-8-20/h2,4-5,12-13,17H,3,6-11,20H2,1H3,(H,21,24). The van der Waals surface area contributed by atoms with Crippen LogP contribution in [0, 0.1) is 5.92 Å². The Morgan fingerprint density at radius 2 is 1.96 bits per heavy atom. The van der Waals surface area contributed by atoms with E-state index in [1.54, 1.807) is 29.2 Å². The molecular formula is C19H26N4O4. The Kier molecular flexibility index (Phi) is 5.95. The minimum Gasteiger partial charge on any atom is -0.497 e. The molecule has 146 valence electrons. The maximum Gasteiger partial charge on any atom is 0.263 e. The molecule has 1 atom stereocenters. The third-order valence-corrected chi connectivity index (χ3v) is 4.85. The van der Waals surface area contributed by atoms with Crippen molar-refractivity contribution in [2.24, 2.45) is 11.7 Å². The van der Waals surface area contributed by atoms with Gasteiger partial charge in [0.05, 0.1) is 7.11 Å². The number of hydrogen-bond acceptors (Lipinski definition) is 5. The number of nitrogens with two attached hydrogens (primary N) is 1. The number of hydrogen-bond donors (Lipinski definition) is 2. The molecule has 2 fully saturated rings. The van der Waals surface area contributed by atoms with Gasteiger partial charge in [-0.15, -0.1) is 0 Å². The fourth-order valence-electron chi connectivity index (χ4n) is 3.32. The summed E-state index contributed by atoms with van der Waals surface area (Å²) in [6, 6.07) is 6.80. The van der Waals surface area contributed by atoms with Crippen molar-refractivity contribution in [3.05, 3.63) is 29.8 Å². The number of rotatable bonds is 6. The number of amides is 3. The molecule has 1 saturated carbocycles. The van der Waals surface area contributed by atoms with Crippen molar-refractivity contribution in [2.75, 3.05) is 33.3 Å². The van der Waals surface area contributed by atoms with E-state index >= 15 is 0 Å². The van der Waals surface area contributed by atoms with E-state index in [0.29, 0.717) is 43.9 Å². The fourth-order valence-corrected chi connectivity index (χ4v) is 3.32. The van der Waals surface area contributed by atoms with E-state index in [0.717, 1.165) is 12.8 Å². The van der Waals surface area contributed by atoms with Crippen LogP contribution in [0.2, 0.25) is 0 Å². The third kappa shape index (κ3) is 4.21. The van der Waals surface area contributed by atoms with Gasteiger partial charge in [-0.25, -0.2) is 0 Å². The topological polar surface area (TPSA) is 105 Å². The first-order valence-corrected chi connectivity index (χ1v) is 9.30. The summed E-state index contributed by atoms with van der Waals surface area (Å²) < 4.78 is 5.19. The van der Waals surface area contributed by atoms with Crippen molar-refractivity contribution in [3.8, 4) is 5.75 Å². The largest absolute Gasteiger partial charge is 0.497 e. The number of benzene rings is 1. The number of carbonyl (C=O) groups is 3. The zero-order chi connectivity index (χ0) is 19.4. The predicted molar refractivity (Wildman–Crippen MR) is 98.9 cm³/mol. The Hall–Kier alpha value is -2.61. The number of ether oxygens (including phenoxy) is 1. The molecule has 0 aromatic heterocycles. The Balaban J connectivity index is 1.88. The molecule has 1 aromatic carbocycles. The molecule has 1 unspecified atom stereocenters. The summed E-state index contributed by atoms with van der Waals surface area (Å²) in [6.45, 7) is 1.46. The SMILES string of the molecule is COc1cccc(C(=O)N2CCCN(C(=O)C3CC3)C2C(=O)NCCN)c1. The minimum absolute atomic E-state index is 0.0262. The molecule has 1 heterocycles. The van der Waals surface area contributed by atoms with Gasteiger partial charge in [-0.05, 0) is 37.5 Å². The molecule has 2 aliphatic rings. The molecule has 3 rings (SSSR count). The molecule has 1 aliphatic carbocycles. The van der Waals surface area contributed by atoms with Crippen LogP contribution in [0.25, 0.3) is 0 Å². The third-order valence-electron chi connectivity index (χ3n) is 4.85. The molecule has 3 N–H and O–H groups in total. The first-order valence-electron chi connectivity index (χ1n) is 9.30. The molecule has 0 radical (unpaired) electrons. The van der Waals surface area contributed by atoms with Crippen LogP contribution in [-0.2, 0) is 9.59 Å². The quantitative estimate of drug-likeness (QED) is 0.739. The minimum atomic E-state index is -0.947. The molecule has 1 aromatic rings. The van der Waals surface area contributed by atoms with Crippen LogP contribution in [0.4, 0.5) is 0 Å². The van der Waals surface area contributed by atoms with E-state index in [4.69, 9.17) is 10.5 Å². The van der Waals surface area contributed by atoms with E-state index in [9.17, 15) is 14.4 Å². The van der Waals surface area contributed by atoms with Gasteiger partial charge in [-0.1, -0.05) is 6.07 Å². The first-order chi connectivity index (χ1) is 13.1. The second-order valence-electron chi connectivity index (χ2n) is 6.84. The van der Waals surface area contributed by atoms with Gasteiger partial charge < -0.3 is 25.6 Å². The Labute approximate surface area is 158 Å². The molecule has 0 bridgehead atoms. The monoisotopic (exact) mass is 374 g/mol. The van der Waals surface area contributed by atoms with Crippen LogP contribution in [-0.4, -0.2) is 67.0 Å². The summed E-state index contributed by atoms with van der Waals surface area (Å²) >= 11 is 0. The highest BCUT2D eigenvalue weighted by Gasteiger charge is 2.44. The smallest absolute Gasteiger partial charge is 0.263 e. The van der Waals surface area contributed by atoms with Gasteiger partial charge in [0.15, 0.2) is 6.17 Å². The summed E-state index contributed by atoms with van der Waals surface area (Å²) in [5.74, 6) is -0.180. The normalized spacial score (nSPS) is 19.6. The predicted octanol–water partition coefficient (Wildman–Crippen LogP) is 0.181. The van der Waals surface area contributed by atoms with Crippen LogP contribution in [0.3, 0.4) is 0 Å². The van der Waals surface area contributed by atoms with Gasteiger partial charge in [0, 0.05) is 37.7 Å². The molecular weight excluding hydrogens is 348 g/mol. The lowest BCUT2D eigenvalue weighted by molar-refractivity contribution is -0.150. The number of nitrogens with one attached hydrogen (secondary N) is 1. The van der Waals surface area contributed by atoms with Gasteiger partial charge in [-0.3, -0.25) is 14.4 Å². The molecule has 3 amide bonds. The van der Waals surface area contributed by atoms with Crippen LogP contribution in [0.15, 0.2) is 24.3 Å². The van der Waals surface area contributed by atoms with Gasteiger partial charge in [-0.2, -0.15) is 0 Å². The van der Waals surface area contributed by atoms with Crippen LogP contribution < -0.4 is 15.8 Å². The maximum atomic E-state index is 13.1. The van der Waals surface area contributed by atoms with Crippen molar-refractivity contribution in [2.45, 2.75) is 25.4 Å². The molecule has 1 saturated heterocycles. The van der Waals surface area contributed by atoms with Gasteiger partial charge in [0.1, 0.15) is 5.75 Å². The van der Waals surface area contributed by atoms with E-state index in [1.807, 2.05) is 0 Å². The van der Waals surface area contributed by atoms with E-state index < -0.39 is 6.17 Å². The first kappa shape index (κ1) is 19.2.